The zero-order valence-corrected chi connectivity index (χ0v) is 13.6. The third kappa shape index (κ3) is 5.18. The first kappa shape index (κ1) is 16.6. The summed E-state index contributed by atoms with van der Waals surface area (Å²) in [4.78, 5) is 1.47. The molecule has 2 nitrogen and oxygen atoms in total. The van der Waals surface area contributed by atoms with E-state index in [0.717, 1.165) is 42.4 Å². The lowest BCUT2D eigenvalue weighted by atomic mass is 10.2. The zero-order valence-electron chi connectivity index (χ0n) is 12.0. The van der Waals surface area contributed by atoms with Crippen LogP contribution in [0.15, 0.2) is 22.7 Å². The summed E-state index contributed by atoms with van der Waals surface area (Å²) in [5.41, 5.74) is 1.70. The Balaban J connectivity index is 2.10. The van der Waals surface area contributed by atoms with E-state index in [1.807, 2.05) is 12.1 Å². The van der Waals surface area contributed by atoms with Gasteiger partial charge in [-0.05, 0) is 59.4 Å². The van der Waals surface area contributed by atoms with Crippen LogP contribution >= 0.6 is 15.9 Å². The van der Waals surface area contributed by atoms with E-state index >= 15 is 0 Å². The zero-order chi connectivity index (χ0) is 15.5. The van der Waals surface area contributed by atoms with Crippen LogP contribution in [0, 0.1) is 0 Å². The first-order valence-corrected chi connectivity index (χ1v) is 8.02. The molecule has 1 saturated carbocycles. The van der Waals surface area contributed by atoms with E-state index in [2.05, 4.69) is 28.2 Å². The third-order valence-corrected chi connectivity index (χ3v) is 4.05. The predicted molar refractivity (Wildman–Crippen MR) is 82.6 cm³/mol. The highest BCUT2D eigenvalue weighted by Crippen LogP contribution is 2.38. The molecule has 0 unspecified atom stereocenters. The number of nitrogens with zero attached hydrogens (tertiary/aromatic N) is 1. The fourth-order valence-electron chi connectivity index (χ4n) is 2.29. The molecule has 1 N–H and O–H groups in total. The summed E-state index contributed by atoms with van der Waals surface area (Å²) >= 11 is 3.42. The molecule has 1 aromatic carbocycles. The van der Waals surface area contributed by atoms with Crippen molar-refractivity contribution in [3.05, 3.63) is 28.2 Å². The fraction of sp³-hybridized carbons (Fsp3) is 0.600. The molecular formula is C15H20BrF3N2. The van der Waals surface area contributed by atoms with Crippen LogP contribution < -0.4 is 10.2 Å². The van der Waals surface area contributed by atoms with Crippen molar-refractivity contribution in [2.45, 2.75) is 44.9 Å². The van der Waals surface area contributed by atoms with Crippen LogP contribution in [0.1, 0.15) is 31.7 Å². The van der Waals surface area contributed by atoms with E-state index < -0.39 is 12.7 Å². The van der Waals surface area contributed by atoms with Crippen LogP contribution in [0.3, 0.4) is 0 Å². The Bertz CT molecular complexity index is 472. The molecule has 0 aromatic heterocycles. The topological polar surface area (TPSA) is 15.3 Å². The van der Waals surface area contributed by atoms with Crippen molar-refractivity contribution in [2.24, 2.45) is 0 Å². The molecule has 0 aliphatic heterocycles. The summed E-state index contributed by atoms with van der Waals surface area (Å²) in [6.45, 7) is 2.87. The monoisotopic (exact) mass is 364 g/mol. The molecule has 0 atom stereocenters. The van der Waals surface area contributed by atoms with Gasteiger partial charge >= 0.3 is 6.18 Å². The summed E-state index contributed by atoms with van der Waals surface area (Å²) in [5, 5.41) is 3.29. The van der Waals surface area contributed by atoms with Crippen molar-refractivity contribution in [1.82, 2.24) is 5.32 Å². The lowest BCUT2D eigenvalue weighted by molar-refractivity contribution is -0.120. The smallest absolute Gasteiger partial charge is 0.359 e. The van der Waals surface area contributed by atoms with Gasteiger partial charge < -0.3 is 10.2 Å². The average Bonchev–Trinajstić information content (AvgIpc) is 3.20. The van der Waals surface area contributed by atoms with Crippen molar-refractivity contribution in [2.75, 3.05) is 18.0 Å². The molecule has 1 aliphatic rings. The van der Waals surface area contributed by atoms with E-state index in [4.69, 9.17) is 0 Å². The number of benzene rings is 1. The Morgan fingerprint density at radius 1 is 1.33 bits per heavy atom. The van der Waals surface area contributed by atoms with Gasteiger partial charge in [0.25, 0.3) is 0 Å². The SMILES string of the molecule is CCCNCc1ccc(N(CC(F)(F)F)C2CC2)c(Br)c1. The van der Waals surface area contributed by atoms with Gasteiger partial charge in [0.05, 0.1) is 5.69 Å². The van der Waals surface area contributed by atoms with Gasteiger partial charge in [-0.2, -0.15) is 13.2 Å². The Kier molecular flexibility index (Phi) is 5.54. The van der Waals surface area contributed by atoms with Crippen LogP contribution in [0.5, 0.6) is 0 Å². The molecule has 0 spiro atoms. The summed E-state index contributed by atoms with van der Waals surface area (Å²) in [7, 11) is 0. The molecule has 1 aliphatic carbocycles. The van der Waals surface area contributed by atoms with E-state index in [-0.39, 0.29) is 6.04 Å². The van der Waals surface area contributed by atoms with Crippen molar-refractivity contribution in [3.8, 4) is 0 Å². The highest BCUT2D eigenvalue weighted by molar-refractivity contribution is 9.10. The maximum atomic E-state index is 12.7. The summed E-state index contributed by atoms with van der Waals surface area (Å²) in [6, 6.07) is 5.61. The van der Waals surface area contributed by atoms with Crippen molar-refractivity contribution < 1.29 is 13.2 Å². The summed E-state index contributed by atoms with van der Waals surface area (Å²) in [6.07, 6.45) is -1.45. The molecule has 2 rings (SSSR count). The second-order valence-electron chi connectivity index (χ2n) is 5.44. The van der Waals surface area contributed by atoms with Gasteiger partial charge in [-0.15, -0.1) is 0 Å². The van der Waals surface area contributed by atoms with Gasteiger partial charge in [0, 0.05) is 17.1 Å². The maximum absolute atomic E-state index is 12.7. The van der Waals surface area contributed by atoms with Gasteiger partial charge in [-0.25, -0.2) is 0 Å². The van der Waals surface area contributed by atoms with E-state index in [1.54, 1.807) is 6.07 Å². The summed E-state index contributed by atoms with van der Waals surface area (Å²) < 4.78 is 38.9. The fourth-order valence-corrected chi connectivity index (χ4v) is 2.95. The minimum absolute atomic E-state index is 0.0204. The second-order valence-corrected chi connectivity index (χ2v) is 6.29. The Hall–Kier alpha value is -0.750. The van der Waals surface area contributed by atoms with Crippen LogP contribution in [0.25, 0.3) is 0 Å². The predicted octanol–water partition coefficient (Wildman–Crippen LogP) is 4.48. The number of halogens is 4. The molecule has 1 fully saturated rings. The Labute approximate surface area is 131 Å². The molecular weight excluding hydrogens is 345 g/mol. The number of rotatable bonds is 7. The highest BCUT2D eigenvalue weighted by Gasteiger charge is 2.38. The highest BCUT2D eigenvalue weighted by atomic mass is 79.9. The Morgan fingerprint density at radius 2 is 2.05 bits per heavy atom. The standard InChI is InChI=1S/C15H20BrF3N2/c1-2-7-20-9-11-3-6-14(13(16)8-11)21(12-4-5-12)10-15(17,18)19/h3,6,8,12,20H,2,4-5,7,9-10H2,1H3. The maximum Gasteiger partial charge on any atom is 0.405 e. The molecule has 118 valence electrons. The normalized spacial score (nSPS) is 15.3. The number of anilines is 1. The molecule has 0 saturated heterocycles. The van der Waals surface area contributed by atoms with Crippen LogP contribution in [-0.2, 0) is 6.54 Å². The molecule has 0 heterocycles. The quantitative estimate of drug-likeness (QED) is 0.717. The largest absolute Gasteiger partial charge is 0.405 e. The third-order valence-electron chi connectivity index (χ3n) is 3.41. The van der Waals surface area contributed by atoms with Crippen molar-refractivity contribution in [1.29, 1.82) is 0 Å². The lowest BCUT2D eigenvalue weighted by Gasteiger charge is -2.27. The van der Waals surface area contributed by atoms with Crippen LogP contribution in [0.2, 0.25) is 0 Å². The van der Waals surface area contributed by atoms with Crippen LogP contribution in [0.4, 0.5) is 18.9 Å². The number of hydrogen-bond donors (Lipinski definition) is 1. The van der Waals surface area contributed by atoms with E-state index in [9.17, 15) is 13.2 Å². The van der Waals surface area contributed by atoms with Crippen molar-refractivity contribution >= 4 is 21.6 Å². The molecule has 21 heavy (non-hydrogen) atoms. The first-order chi connectivity index (χ1) is 9.90. The minimum atomic E-state index is -4.18. The second kappa shape index (κ2) is 7.01. The van der Waals surface area contributed by atoms with Crippen molar-refractivity contribution in [3.63, 3.8) is 0 Å². The van der Waals surface area contributed by atoms with Crippen LogP contribution in [-0.4, -0.2) is 25.3 Å². The molecule has 1 aromatic rings. The van der Waals surface area contributed by atoms with Gasteiger partial charge in [0.2, 0.25) is 0 Å². The molecule has 6 heteroatoms. The number of nitrogens with one attached hydrogen (secondary N) is 1. The van der Waals surface area contributed by atoms with Gasteiger partial charge in [0.15, 0.2) is 0 Å². The van der Waals surface area contributed by atoms with Gasteiger partial charge in [-0.3, -0.25) is 0 Å². The number of hydrogen-bond acceptors (Lipinski definition) is 2. The summed E-state index contributed by atoms with van der Waals surface area (Å²) in [5.74, 6) is 0. The first-order valence-electron chi connectivity index (χ1n) is 7.23. The molecule has 0 radical (unpaired) electrons. The minimum Gasteiger partial charge on any atom is -0.359 e. The van der Waals surface area contributed by atoms with Gasteiger partial charge in [0.1, 0.15) is 6.54 Å². The van der Waals surface area contributed by atoms with E-state index in [1.165, 1.54) is 4.90 Å². The van der Waals surface area contributed by atoms with Gasteiger partial charge in [-0.1, -0.05) is 13.0 Å². The van der Waals surface area contributed by atoms with E-state index in [0.29, 0.717) is 5.69 Å². The number of alkyl halides is 3. The lowest BCUT2D eigenvalue weighted by Crippen LogP contribution is -2.36. The Morgan fingerprint density at radius 3 is 2.57 bits per heavy atom. The molecule has 0 amide bonds. The molecule has 0 bridgehead atoms. The average molecular weight is 365 g/mol.